The minimum Gasteiger partial charge on any atom is -0.495 e. The molecule has 0 aliphatic carbocycles. The van der Waals surface area contributed by atoms with E-state index in [1.54, 1.807) is 23.1 Å². The van der Waals surface area contributed by atoms with E-state index in [0.717, 1.165) is 0 Å². The maximum atomic E-state index is 12.2. The van der Waals surface area contributed by atoms with Gasteiger partial charge in [-0.15, -0.1) is 5.10 Å². The van der Waals surface area contributed by atoms with Crippen LogP contribution in [-0.2, 0) is 16.6 Å². The zero-order valence-corrected chi connectivity index (χ0v) is 12.4. The van der Waals surface area contributed by atoms with Gasteiger partial charge in [-0.05, 0) is 24.6 Å². The fourth-order valence-electron chi connectivity index (χ4n) is 1.78. The summed E-state index contributed by atoms with van der Waals surface area (Å²) >= 11 is 0. The van der Waals surface area contributed by atoms with Crippen LogP contribution < -0.4 is 15.2 Å². The number of anilines is 1. The number of aryl methyl sites for hydroxylation is 1. The third-order valence-electron chi connectivity index (χ3n) is 2.81. The molecule has 0 bridgehead atoms. The van der Waals surface area contributed by atoms with Crippen molar-refractivity contribution in [1.82, 2.24) is 19.7 Å². The van der Waals surface area contributed by atoms with E-state index in [0.29, 0.717) is 18.7 Å². The Labute approximate surface area is 123 Å². The molecule has 0 radical (unpaired) electrons. The first kappa shape index (κ1) is 15.3. The van der Waals surface area contributed by atoms with Crippen LogP contribution >= 0.6 is 0 Å². The monoisotopic (exact) mass is 311 g/mol. The summed E-state index contributed by atoms with van der Waals surface area (Å²) in [6.07, 6.45) is 3.88. The molecule has 2 aromatic rings. The first-order valence-electron chi connectivity index (χ1n) is 6.30. The lowest BCUT2D eigenvalue weighted by Crippen LogP contribution is -2.26. The second kappa shape index (κ2) is 6.55. The summed E-state index contributed by atoms with van der Waals surface area (Å²) in [5.41, 5.74) is 5.99. The Kier molecular flexibility index (Phi) is 4.76. The number of nitrogens with one attached hydrogen (secondary N) is 1. The fourth-order valence-corrected chi connectivity index (χ4v) is 3.06. The smallest absolute Gasteiger partial charge is 0.244 e. The second-order valence-corrected chi connectivity index (χ2v) is 6.06. The lowest BCUT2D eigenvalue weighted by Gasteiger charge is -2.11. The van der Waals surface area contributed by atoms with Crippen molar-refractivity contribution in [1.29, 1.82) is 0 Å². The van der Waals surface area contributed by atoms with E-state index >= 15 is 0 Å². The molecule has 0 saturated heterocycles. The zero-order valence-electron chi connectivity index (χ0n) is 11.6. The first-order valence-corrected chi connectivity index (χ1v) is 7.78. The minimum atomic E-state index is -3.67. The maximum absolute atomic E-state index is 12.2. The number of rotatable bonds is 7. The van der Waals surface area contributed by atoms with Crippen LogP contribution in [0.25, 0.3) is 0 Å². The van der Waals surface area contributed by atoms with E-state index in [2.05, 4.69) is 15.0 Å². The predicted octanol–water partition coefficient (Wildman–Crippen LogP) is 0.237. The number of hydrogen-bond donors (Lipinski definition) is 2. The summed E-state index contributed by atoms with van der Waals surface area (Å²) in [5.74, 6) is 0.257. The van der Waals surface area contributed by atoms with Crippen molar-refractivity contribution < 1.29 is 13.2 Å². The van der Waals surface area contributed by atoms with Crippen LogP contribution in [-0.4, -0.2) is 37.1 Å². The van der Waals surface area contributed by atoms with Crippen LogP contribution in [0.4, 0.5) is 5.69 Å². The zero-order chi connectivity index (χ0) is 15.3. The Hall–Kier alpha value is -2.13. The van der Waals surface area contributed by atoms with Gasteiger partial charge >= 0.3 is 0 Å². The summed E-state index contributed by atoms with van der Waals surface area (Å²) in [6.45, 7) is 0.858. The van der Waals surface area contributed by atoms with Crippen molar-refractivity contribution in [3.8, 4) is 5.75 Å². The van der Waals surface area contributed by atoms with E-state index in [1.165, 1.54) is 19.2 Å². The molecular weight excluding hydrogens is 294 g/mol. The van der Waals surface area contributed by atoms with Crippen LogP contribution in [0.2, 0.25) is 0 Å². The number of nitrogen functional groups attached to an aromatic ring is 1. The normalized spacial score (nSPS) is 11.5. The average Bonchev–Trinajstić information content (AvgIpc) is 2.97. The predicted molar refractivity (Wildman–Crippen MR) is 77.2 cm³/mol. The molecular formula is C12H17N5O3S. The molecule has 114 valence electrons. The molecule has 0 aliphatic heterocycles. The Morgan fingerprint density at radius 3 is 2.90 bits per heavy atom. The summed E-state index contributed by atoms with van der Waals surface area (Å²) < 4.78 is 33.7. The van der Waals surface area contributed by atoms with E-state index in [1.807, 2.05) is 0 Å². The number of nitrogens with two attached hydrogens (primary N) is 1. The number of hydrogen-bond acceptors (Lipinski definition) is 6. The van der Waals surface area contributed by atoms with E-state index in [4.69, 9.17) is 10.5 Å². The maximum Gasteiger partial charge on any atom is 0.244 e. The van der Waals surface area contributed by atoms with E-state index in [9.17, 15) is 8.42 Å². The van der Waals surface area contributed by atoms with Gasteiger partial charge < -0.3 is 10.5 Å². The van der Waals surface area contributed by atoms with Crippen LogP contribution in [0.3, 0.4) is 0 Å². The van der Waals surface area contributed by atoms with Crippen molar-refractivity contribution >= 4 is 15.7 Å². The molecule has 0 fully saturated rings. The molecule has 9 heteroatoms. The SMILES string of the molecule is COc1ccc(N)cc1S(=O)(=O)NCCCn1ccnn1. The lowest BCUT2D eigenvalue weighted by atomic mass is 10.3. The van der Waals surface area contributed by atoms with Crippen molar-refractivity contribution in [2.75, 3.05) is 19.4 Å². The second-order valence-electron chi connectivity index (χ2n) is 4.33. The minimum absolute atomic E-state index is 0.0331. The van der Waals surface area contributed by atoms with Crippen LogP contribution in [0.5, 0.6) is 5.75 Å². The largest absolute Gasteiger partial charge is 0.495 e. The molecule has 1 aromatic heterocycles. The highest BCUT2D eigenvalue weighted by atomic mass is 32.2. The molecule has 0 atom stereocenters. The molecule has 21 heavy (non-hydrogen) atoms. The van der Waals surface area contributed by atoms with Crippen molar-refractivity contribution in [2.45, 2.75) is 17.9 Å². The summed E-state index contributed by atoms with van der Waals surface area (Å²) in [4.78, 5) is 0.0331. The molecule has 0 amide bonds. The summed E-state index contributed by atoms with van der Waals surface area (Å²) in [5, 5.41) is 7.47. The average molecular weight is 311 g/mol. The molecule has 0 saturated carbocycles. The van der Waals surface area contributed by atoms with Gasteiger partial charge in [-0.1, -0.05) is 5.21 Å². The highest BCUT2D eigenvalue weighted by molar-refractivity contribution is 7.89. The Bertz CT molecular complexity index is 685. The van der Waals surface area contributed by atoms with Gasteiger partial charge in [-0.3, -0.25) is 4.68 Å². The van der Waals surface area contributed by atoms with Crippen LogP contribution in [0.1, 0.15) is 6.42 Å². The molecule has 1 aromatic carbocycles. The van der Waals surface area contributed by atoms with Gasteiger partial charge in [-0.2, -0.15) is 0 Å². The summed E-state index contributed by atoms with van der Waals surface area (Å²) in [6, 6.07) is 4.49. The van der Waals surface area contributed by atoms with E-state index < -0.39 is 10.0 Å². The van der Waals surface area contributed by atoms with Gasteiger partial charge in [0.05, 0.1) is 13.3 Å². The molecule has 3 N–H and O–H groups in total. The molecule has 8 nitrogen and oxygen atoms in total. The molecule has 0 spiro atoms. The van der Waals surface area contributed by atoms with Gasteiger partial charge in [-0.25, -0.2) is 13.1 Å². The highest BCUT2D eigenvalue weighted by Crippen LogP contribution is 2.25. The van der Waals surface area contributed by atoms with Crippen molar-refractivity contribution in [3.05, 3.63) is 30.6 Å². The number of methoxy groups -OCH3 is 1. The fraction of sp³-hybridized carbons (Fsp3) is 0.333. The number of aromatic nitrogens is 3. The highest BCUT2D eigenvalue weighted by Gasteiger charge is 2.19. The van der Waals surface area contributed by atoms with E-state index in [-0.39, 0.29) is 17.2 Å². The van der Waals surface area contributed by atoms with Gasteiger partial charge in [0.1, 0.15) is 10.6 Å². The lowest BCUT2D eigenvalue weighted by molar-refractivity contribution is 0.402. The standard InChI is InChI=1S/C12H17N5O3S/c1-20-11-4-3-10(13)9-12(11)21(18,19)15-5-2-7-17-8-6-14-16-17/h3-4,6,8-9,15H,2,5,7,13H2,1H3. The Morgan fingerprint density at radius 1 is 1.43 bits per heavy atom. The molecule has 2 rings (SSSR count). The summed E-state index contributed by atoms with van der Waals surface area (Å²) in [7, 11) is -2.25. The van der Waals surface area contributed by atoms with Crippen molar-refractivity contribution in [2.24, 2.45) is 0 Å². The molecule has 0 aliphatic rings. The topological polar surface area (TPSA) is 112 Å². The Balaban J connectivity index is 1.99. The van der Waals surface area contributed by atoms with Crippen LogP contribution in [0.15, 0.2) is 35.5 Å². The van der Waals surface area contributed by atoms with Gasteiger partial charge in [0, 0.05) is 25.0 Å². The number of ether oxygens (including phenoxy) is 1. The van der Waals surface area contributed by atoms with Gasteiger partial charge in [0.15, 0.2) is 0 Å². The molecule has 0 unspecified atom stereocenters. The third-order valence-corrected chi connectivity index (χ3v) is 4.29. The number of sulfonamides is 1. The Morgan fingerprint density at radius 2 is 2.24 bits per heavy atom. The van der Waals surface area contributed by atoms with Gasteiger partial charge in [0.2, 0.25) is 10.0 Å². The first-order chi connectivity index (χ1) is 10.0. The third kappa shape index (κ3) is 3.92. The van der Waals surface area contributed by atoms with Crippen LogP contribution in [0, 0.1) is 0 Å². The van der Waals surface area contributed by atoms with Gasteiger partial charge in [0.25, 0.3) is 0 Å². The van der Waals surface area contributed by atoms with Crippen molar-refractivity contribution in [3.63, 3.8) is 0 Å². The molecule has 1 heterocycles. The number of benzene rings is 1. The quantitative estimate of drug-likeness (QED) is 0.559. The number of nitrogens with zero attached hydrogens (tertiary/aromatic N) is 3.